The first-order chi connectivity index (χ1) is 10.3. The first-order valence-corrected chi connectivity index (χ1v) is 6.87. The molecule has 0 atom stereocenters. The van der Waals surface area contributed by atoms with Gasteiger partial charge in [-0.15, -0.1) is 0 Å². The van der Waals surface area contributed by atoms with Crippen LogP contribution in [0.4, 0.5) is 0 Å². The van der Waals surface area contributed by atoms with Gasteiger partial charge < -0.3 is 4.98 Å². The van der Waals surface area contributed by atoms with E-state index >= 15 is 0 Å². The summed E-state index contributed by atoms with van der Waals surface area (Å²) in [7, 11) is 0. The number of benzene rings is 1. The predicted molar refractivity (Wildman–Crippen MR) is 79.1 cm³/mol. The van der Waals surface area contributed by atoms with Gasteiger partial charge in [-0.05, 0) is 18.1 Å². The van der Waals surface area contributed by atoms with Gasteiger partial charge in [-0.1, -0.05) is 18.2 Å². The summed E-state index contributed by atoms with van der Waals surface area (Å²) in [6.07, 6.45) is 2.37. The van der Waals surface area contributed by atoms with Gasteiger partial charge >= 0.3 is 0 Å². The molecule has 1 aliphatic heterocycles. The van der Waals surface area contributed by atoms with Crippen LogP contribution in [0.15, 0.2) is 35.3 Å². The molecular formula is C15H11N5O. The minimum absolute atomic E-state index is 0.0342. The van der Waals surface area contributed by atoms with E-state index in [-0.39, 0.29) is 5.56 Å². The second kappa shape index (κ2) is 3.60. The fraction of sp³-hybridized carbons (Fsp3) is 0.133. The summed E-state index contributed by atoms with van der Waals surface area (Å²) in [4.78, 5) is 20.5. The first-order valence-electron chi connectivity index (χ1n) is 6.87. The maximum absolute atomic E-state index is 12.5. The number of nitrogens with zero attached hydrogens (tertiary/aromatic N) is 3. The lowest BCUT2D eigenvalue weighted by Crippen LogP contribution is -2.27. The van der Waals surface area contributed by atoms with Gasteiger partial charge in [-0.3, -0.25) is 14.5 Å². The Hall–Kier alpha value is -2.89. The average Bonchev–Trinajstić information content (AvgIpc) is 3.11. The van der Waals surface area contributed by atoms with Crippen LogP contribution in [0.25, 0.3) is 33.5 Å². The minimum atomic E-state index is -0.0342. The molecule has 4 aromatic rings. The zero-order valence-corrected chi connectivity index (χ0v) is 11.1. The van der Waals surface area contributed by atoms with E-state index in [0.29, 0.717) is 23.4 Å². The molecule has 3 aromatic heterocycles. The second-order valence-corrected chi connectivity index (χ2v) is 5.30. The number of aryl methyl sites for hydroxylation is 1. The van der Waals surface area contributed by atoms with Gasteiger partial charge in [0.25, 0.3) is 5.56 Å². The van der Waals surface area contributed by atoms with Gasteiger partial charge in [0.05, 0.1) is 11.9 Å². The molecule has 0 saturated carbocycles. The highest BCUT2D eigenvalue weighted by Gasteiger charge is 2.24. The lowest BCUT2D eigenvalue weighted by Gasteiger charge is -2.17. The smallest absolute Gasteiger partial charge is 0.264 e. The molecule has 1 aliphatic rings. The van der Waals surface area contributed by atoms with E-state index in [1.165, 1.54) is 10.9 Å². The highest BCUT2D eigenvalue weighted by Crippen LogP contribution is 2.32. The van der Waals surface area contributed by atoms with E-state index in [2.05, 4.69) is 26.2 Å². The van der Waals surface area contributed by atoms with Crippen LogP contribution >= 0.6 is 0 Å². The van der Waals surface area contributed by atoms with Gasteiger partial charge in [0.15, 0.2) is 11.5 Å². The molecule has 102 valence electrons. The fourth-order valence-corrected chi connectivity index (χ4v) is 3.20. The van der Waals surface area contributed by atoms with E-state index < -0.39 is 0 Å². The normalized spacial score (nSPS) is 13.5. The van der Waals surface area contributed by atoms with Crippen molar-refractivity contribution >= 4 is 21.9 Å². The molecule has 5 rings (SSSR count). The van der Waals surface area contributed by atoms with Gasteiger partial charge in [0, 0.05) is 17.4 Å². The van der Waals surface area contributed by atoms with Crippen molar-refractivity contribution in [3.8, 4) is 11.5 Å². The topological polar surface area (TPSA) is 79.4 Å². The third-order valence-corrected chi connectivity index (χ3v) is 4.19. The van der Waals surface area contributed by atoms with Crippen LogP contribution in [0.3, 0.4) is 0 Å². The fourth-order valence-electron chi connectivity index (χ4n) is 3.20. The lowest BCUT2D eigenvalue weighted by molar-refractivity contribution is 0.653. The quantitative estimate of drug-likeness (QED) is 0.514. The molecule has 6 nitrogen and oxygen atoms in total. The molecule has 21 heavy (non-hydrogen) atoms. The molecule has 0 unspecified atom stereocenters. The Morgan fingerprint density at radius 1 is 1.19 bits per heavy atom. The highest BCUT2D eigenvalue weighted by atomic mass is 16.1. The van der Waals surface area contributed by atoms with E-state index in [1.54, 1.807) is 10.8 Å². The standard InChI is InChI=1S/C15H11N5O/c21-15-10-7-16-19-13(10)18-14-12-9(5-6-20(14)15)8-3-1-2-4-11(8)17-12/h1-4,7,17H,5-6H2,(H,16,19). The van der Waals surface area contributed by atoms with Crippen LogP contribution in [0, 0.1) is 0 Å². The maximum atomic E-state index is 12.5. The largest absolute Gasteiger partial charge is 0.352 e. The molecule has 0 spiro atoms. The van der Waals surface area contributed by atoms with Gasteiger partial charge in [0.1, 0.15) is 5.39 Å². The number of aromatic amines is 2. The predicted octanol–water partition coefficient (Wildman–Crippen LogP) is 1.82. The zero-order valence-electron chi connectivity index (χ0n) is 11.1. The number of nitrogens with one attached hydrogen (secondary N) is 2. The SMILES string of the molecule is O=c1c2cn[nH]c2nc2n1CCc1c-2[nH]c2ccccc12. The van der Waals surface area contributed by atoms with Crippen molar-refractivity contribution in [3.05, 3.63) is 46.4 Å². The molecule has 0 radical (unpaired) electrons. The Bertz CT molecular complexity index is 1070. The molecular weight excluding hydrogens is 266 g/mol. The third-order valence-electron chi connectivity index (χ3n) is 4.19. The zero-order chi connectivity index (χ0) is 14.0. The number of rotatable bonds is 0. The van der Waals surface area contributed by atoms with Crippen molar-refractivity contribution in [1.82, 2.24) is 24.7 Å². The van der Waals surface area contributed by atoms with E-state index in [1.807, 2.05) is 18.2 Å². The Kier molecular flexibility index (Phi) is 1.86. The Morgan fingerprint density at radius 2 is 2.10 bits per heavy atom. The molecule has 0 amide bonds. The summed E-state index contributed by atoms with van der Waals surface area (Å²) in [5.41, 5.74) is 3.76. The van der Waals surface area contributed by atoms with Crippen molar-refractivity contribution < 1.29 is 0 Å². The number of aromatic nitrogens is 5. The number of hydrogen-bond donors (Lipinski definition) is 2. The third kappa shape index (κ3) is 1.29. The van der Waals surface area contributed by atoms with Crippen LogP contribution in [-0.4, -0.2) is 24.7 Å². The Balaban J connectivity index is 1.94. The van der Waals surface area contributed by atoms with Crippen molar-refractivity contribution in [3.63, 3.8) is 0 Å². The maximum Gasteiger partial charge on any atom is 0.264 e. The highest BCUT2D eigenvalue weighted by molar-refractivity contribution is 5.90. The summed E-state index contributed by atoms with van der Waals surface area (Å²) in [5, 5.41) is 8.45. The van der Waals surface area contributed by atoms with Crippen LogP contribution in [0.1, 0.15) is 5.56 Å². The molecule has 4 heterocycles. The molecule has 0 fully saturated rings. The van der Waals surface area contributed by atoms with Crippen molar-refractivity contribution in [1.29, 1.82) is 0 Å². The van der Waals surface area contributed by atoms with Crippen LogP contribution in [0.5, 0.6) is 0 Å². The average molecular weight is 277 g/mol. The number of hydrogen-bond acceptors (Lipinski definition) is 3. The summed E-state index contributed by atoms with van der Waals surface area (Å²) in [5.74, 6) is 0.689. The molecule has 0 saturated heterocycles. The van der Waals surface area contributed by atoms with E-state index in [4.69, 9.17) is 0 Å². The van der Waals surface area contributed by atoms with Gasteiger partial charge in [-0.2, -0.15) is 5.10 Å². The second-order valence-electron chi connectivity index (χ2n) is 5.30. The Labute approximate surface area is 118 Å². The minimum Gasteiger partial charge on any atom is -0.352 e. The van der Waals surface area contributed by atoms with Gasteiger partial charge in [0.2, 0.25) is 0 Å². The lowest BCUT2D eigenvalue weighted by atomic mass is 10.0. The van der Waals surface area contributed by atoms with E-state index in [9.17, 15) is 4.79 Å². The summed E-state index contributed by atoms with van der Waals surface area (Å²) in [6.45, 7) is 0.650. The number of fused-ring (bicyclic) bond motifs is 6. The molecule has 0 aliphatic carbocycles. The summed E-state index contributed by atoms with van der Waals surface area (Å²) in [6, 6.07) is 8.19. The summed E-state index contributed by atoms with van der Waals surface area (Å²) < 4.78 is 1.73. The van der Waals surface area contributed by atoms with Gasteiger partial charge in [-0.25, -0.2) is 4.98 Å². The van der Waals surface area contributed by atoms with Crippen molar-refractivity contribution in [2.75, 3.05) is 0 Å². The molecule has 6 heteroatoms. The van der Waals surface area contributed by atoms with Crippen LogP contribution in [0.2, 0.25) is 0 Å². The van der Waals surface area contributed by atoms with E-state index in [0.717, 1.165) is 17.6 Å². The Morgan fingerprint density at radius 3 is 3.05 bits per heavy atom. The number of H-pyrrole nitrogens is 2. The molecule has 2 N–H and O–H groups in total. The van der Waals surface area contributed by atoms with Crippen LogP contribution in [-0.2, 0) is 13.0 Å². The molecule has 1 aromatic carbocycles. The van der Waals surface area contributed by atoms with Crippen molar-refractivity contribution in [2.24, 2.45) is 0 Å². The monoisotopic (exact) mass is 277 g/mol. The summed E-state index contributed by atoms with van der Waals surface area (Å²) >= 11 is 0. The number of para-hydroxylation sites is 1. The van der Waals surface area contributed by atoms with Crippen molar-refractivity contribution in [2.45, 2.75) is 13.0 Å². The van der Waals surface area contributed by atoms with Crippen LogP contribution < -0.4 is 5.56 Å². The first kappa shape index (κ1) is 10.8. The molecule has 0 bridgehead atoms.